The van der Waals surface area contributed by atoms with Gasteiger partial charge in [-0.15, -0.1) is 0 Å². The van der Waals surface area contributed by atoms with E-state index in [2.05, 4.69) is 26.0 Å². The van der Waals surface area contributed by atoms with Crippen LogP contribution in [0.4, 0.5) is 8.78 Å². The molecule has 3 rings (SSSR count). The number of likely N-dealkylation sites (tertiary alicyclic amines) is 1. The van der Waals surface area contributed by atoms with Crippen molar-refractivity contribution in [3.63, 3.8) is 0 Å². The van der Waals surface area contributed by atoms with Gasteiger partial charge in [-0.05, 0) is 43.5 Å². The number of nitrogens with one attached hydrogen (secondary N) is 1. The molecular formula is C22H23BrF2N2O3. The van der Waals surface area contributed by atoms with Crippen LogP contribution in [0, 0.1) is 5.92 Å². The summed E-state index contributed by atoms with van der Waals surface area (Å²) in [6.07, 6.45) is 1.32. The second-order valence-corrected chi connectivity index (χ2v) is 8.07. The highest BCUT2D eigenvalue weighted by Crippen LogP contribution is 2.27. The first-order chi connectivity index (χ1) is 14.4. The molecule has 1 heterocycles. The molecule has 1 fully saturated rings. The van der Waals surface area contributed by atoms with Crippen molar-refractivity contribution in [2.24, 2.45) is 5.92 Å². The first-order valence-electron chi connectivity index (χ1n) is 9.74. The lowest BCUT2D eigenvalue weighted by molar-refractivity contribution is -0.127. The van der Waals surface area contributed by atoms with Crippen LogP contribution in [0.15, 0.2) is 53.0 Å². The van der Waals surface area contributed by atoms with Crippen molar-refractivity contribution in [2.75, 3.05) is 13.1 Å². The molecule has 1 aliphatic heterocycles. The number of nitrogens with zero attached hydrogens (tertiary/aromatic N) is 1. The Balaban J connectivity index is 1.67. The number of carbonyl (C=O) groups excluding carboxylic acids is 2. The predicted octanol–water partition coefficient (Wildman–Crippen LogP) is 4.78. The number of hydrogen-bond acceptors (Lipinski definition) is 3. The number of piperidine rings is 1. The van der Waals surface area contributed by atoms with Gasteiger partial charge in [-0.2, -0.15) is 8.78 Å². The number of benzene rings is 2. The van der Waals surface area contributed by atoms with E-state index in [-0.39, 0.29) is 35.7 Å². The Bertz CT molecular complexity index is 909. The first-order valence-corrected chi connectivity index (χ1v) is 10.5. The number of para-hydroxylation sites is 1. The van der Waals surface area contributed by atoms with E-state index < -0.39 is 12.5 Å². The summed E-state index contributed by atoms with van der Waals surface area (Å²) < 4.78 is 30.7. The monoisotopic (exact) mass is 480 g/mol. The van der Waals surface area contributed by atoms with Gasteiger partial charge in [-0.3, -0.25) is 9.59 Å². The number of amides is 2. The van der Waals surface area contributed by atoms with Gasteiger partial charge in [0.1, 0.15) is 5.75 Å². The Morgan fingerprint density at radius 2 is 1.87 bits per heavy atom. The minimum absolute atomic E-state index is 0.0699. The standard InChI is InChI=1S/C22H23BrF2N2O3/c1-14(16-8-2-4-10-18(16)23)26-20(28)15-7-6-12-27(13-15)21(29)17-9-3-5-11-19(17)30-22(24)25/h2-5,8-11,14-15,22H,6-7,12-13H2,1H3,(H,26,28). The van der Waals surface area contributed by atoms with Crippen LogP contribution in [0.2, 0.25) is 0 Å². The molecule has 0 radical (unpaired) electrons. The summed E-state index contributed by atoms with van der Waals surface area (Å²) in [5.41, 5.74) is 1.04. The number of hydrogen-bond donors (Lipinski definition) is 1. The van der Waals surface area contributed by atoms with E-state index in [9.17, 15) is 18.4 Å². The van der Waals surface area contributed by atoms with Gasteiger partial charge < -0.3 is 15.0 Å². The number of rotatable bonds is 6. The maximum absolute atomic E-state index is 12.9. The third-order valence-electron chi connectivity index (χ3n) is 5.14. The second-order valence-electron chi connectivity index (χ2n) is 7.22. The molecule has 1 saturated heterocycles. The normalized spacial score (nSPS) is 17.5. The van der Waals surface area contributed by atoms with E-state index in [1.165, 1.54) is 23.1 Å². The highest BCUT2D eigenvalue weighted by atomic mass is 79.9. The minimum Gasteiger partial charge on any atom is -0.434 e. The smallest absolute Gasteiger partial charge is 0.387 e. The van der Waals surface area contributed by atoms with E-state index in [4.69, 9.17) is 0 Å². The van der Waals surface area contributed by atoms with Crippen LogP contribution in [0.3, 0.4) is 0 Å². The zero-order valence-corrected chi connectivity index (χ0v) is 18.1. The summed E-state index contributed by atoms with van der Waals surface area (Å²) in [6, 6.07) is 13.4. The molecule has 2 aromatic rings. The number of halogens is 3. The van der Waals surface area contributed by atoms with E-state index in [1.807, 2.05) is 31.2 Å². The molecule has 2 unspecified atom stereocenters. The maximum atomic E-state index is 12.9. The fourth-order valence-electron chi connectivity index (χ4n) is 3.62. The second kappa shape index (κ2) is 10.0. The molecule has 8 heteroatoms. The number of carbonyl (C=O) groups is 2. The lowest BCUT2D eigenvalue weighted by Crippen LogP contribution is -2.46. The fourth-order valence-corrected chi connectivity index (χ4v) is 4.25. The molecule has 1 aliphatic rings. The molecular weight excluding hydrogens is 458 g/mol. The van der Waals surface area contributed by atoms with E-state index in [1.54, 1.807) is 6.07 Å². The SMILES string of the molecule is CC(NC(=O)C1CCCN(C(=O)c2ccccc2OC(F)F)C1)c1ccccc1Br. The van der Waals surface area contributed by atoms with Crippen molar-refractivity contribution in [2.45, 2.75) is 32.4 Å². The van der Waals surface area contributed by atoms with E-state index in [0.29, 0.717) is 19.4 Å². The van der Waals surface area contributed by atoms with Gasteiger partial charge in [0, 0.05) is 17.6 Å². The third kappa shape index (κ3) is 5.36. The van der Waals surface area contributed by atoms with Gasteiger partial charge >= 0.3 is 6.61 Å². The molecule has 0 saturated carbocycles. The van der Waals surface area contributed by atoms with Gasteiger partial charge in [-0.25, -0.2) is 0 Å². The summed E-state index contributed by atoms with van der Waals surface area (Å²) >= 11 is 3.49. The van der Waals surface area contributed by atoms with Gasteiger partial charge in [0.15, 0.2) is 0 Å². The van der Waals surface area contributed by atoms with Gasteiger partial charge in [0.2, 0.25) is 5.91 Å². The van der Waals surface area contributed by atoms with Crippen molar-refractivity contribution >= 4 is 27.7 Å². The summed E-state index contributed by atoms with van der Waals surface area (Å²) in [7, 11) is 0. The van der Waals surface area contributed by atoms with Crippen LogP contribution in [-0.2, 0) is 4.79 Å². The zero-order valence-electron chi connectivity index (χ0n) is 16.5. The Labute approximate surface area is 182 Å². The Kier molecular flexibility index (Phi) is 7.42. The summed E-state index contributed by atoms with van der Waals surface area (Å²) in [5, 5.41) is 3.01. The summed E-state index contributed by atoms with van der Waals surface area (Å²) in [4.78, 5) is 27.3. The van der Waals surface area contributed by atoms with E-state index >= 15 is 0 Å². The molecule has 5 nitrogen and oxygen atoms in total. The van der Waals surface area contributed by atoms with Crippen LogP contribution in [-0.4, -0.2) is 36.4 Å². The predicted molar refractivity (Wildman–Crippen MR) is 112 cm³/mol. The largest absolute Gasteiger partial charge is 0.434 e. The Morgan fingerprint density at radius 3 is 2.60 bits per heavy atom. The average molecular weight is 481 g/mol. The van der Waals surface area contributed by atoms with Crippen LogP contribution < -0.4 is 10.1 Å². The highest BCUT2D eigenvalue weighted by molar-refractivity contribution is 9.10. The van der Waals surface area contributed by atoms with Crippen LogP contribution in [0.5, 0.6) is 5.75 Å². The number of ether oxygens (including phenoxy) is 1. The zero-order chi connectivity index (χ0) is 21.7. The van der Waals surface area contributed by atoms with Crippen molar-refractivity contribution in [3.05, 3.63) is 64.1 Å². The van der Waals surface area contributed by atoms with Crippen molar-refractivity contribution in [1.29, 1.82) is 0 Å². The van der Waals surface area contributed by atoms with Crippen LogP contribution in [0.1, 0.15) is 41.7 Å². The maximum Gasteiger partial charge on any atom is 0.387 e. The molecule has 1 N–H and O–H groups in total. The average Bonchev–Trinajstić information content (AvgIpc) is 2.73. The molecule has 0 spiro atoms. The minimum atomic E-state index is -3.02. The van der Waals surface area contributed by atoms with Gasteiger partial charge in [-0.1, -0.05) is 46.3 Å². The van der Waals surface area contributed by atoms with Crippen molar-refractivity contribution < 1.29 is 23.1 Å². The molecule has 0 aromatic heterocycles. The molecule has 2 atom stereocenters. The van der Waals surface area contributed by atoms with Crippen LogP contribution in [0.25, 0.3) is 0 Å². The molecule has 0 bridgehead atoms. The lowest BCUT2D eigenvalue weighted by atomic mass is 9.95. The summed E-state index contributed by atoms with van der Waals surface area (Å²) in [6.45, 7) is -0.415. The third-order valence-corrected chi connectivity index (χ3v) is 5.87. The first kappa shape index (κ1) is 22.2. The van der Waals surface area contributed by atoms with E-state index in [0.717, 1.165) is 10.0 Å². The molecule has 0 aliphatic carbocycles. The summed E-state index contributed by atoms with van der Waals surface area (Å²) in [5.74, 6) is -1.07. The Hall–Kier alpha value is -2.48. The number of alkyl halides is 2. The molecule has 2 amide bonds. The van der Waals surface area contributed by atoms with Gasteiger partial charge in [0.25, 0.3) is 5.91 Å². The van der Waals surface area contributed by atoms with Crippen LogP contribution >= 0.6 is 15.9 Å². The van der Waals surface area contributed by atoms with Crippen molar-refractivity contribution in [1.82, 2.24) is 10.2 Å². The fraction of sp³-hybridized carbons (Fsp3) is 0.364. The Morgan fingerprint density at radius 1 is 1.17 bits per heavy atom. The molecule has 160 valence electrons. The van der Waals surface area contributed by atoms with Gasteiger partial charge in [0.05, 0.1) is 17.5 Å². The molecule has 2 aromatic carbocycles. The molecule has 30 heavy (non-hydrogen) atoms. The lowest BCUT2D eigenvalue weighted by Gasteiger charge is -2.33. The quantitative estimate of drug-likeness (QED) is 0.646. The highest BCUT2D eigenvalue weighted by Gasteiger charge is 2.31. The van der Waals surface area contributed by atoms with Crippen molar-refractivity contribution in [3.8, 4) is 5.75 Å². The topological polar surface area (TPSA) is 58.6 Å².